The lowest BCUT2D eigenvalue weighted by Gasteiger charge is -2.35. The van der Waals surface area contributed by atoms with Gasteiger partial charge in [-0.15, -0.1) is 0 Å². The Bertz CT molecular complexity index is 373. The van der Waals surface area contributed by atoms with E-state index in [1.807, 2.05) is 19.1 Å². The highest BCUT2D eigenvalue weighted by Crippen LogP contribution is 2.27. The Morgan fingerprint density at radius 2 is 2.06 bits per heavy atom. The molecule has 1 saturated heterocycles. The smallest absolute Gasteiger partial charge is 0.149 e. The molecule has 1 fully saturated rings. The molecule has 3 N–H and O–H groups in total. The number of rotatable bonds is 2. The fourth-order valence-corrected chi connectivity index (χ4v) is 1.90. The van der Waals surface area contributed by atoms with Gasteiger partial charge in [0.25, 0.3) is 0 Å². The Labute approximate surface area is 96.2 Å². The Morgan fingerprint density at radius 1 is 1.38 bits per heavy atom. The number of hydrogen-bond donors (Lipinski definition) is 2. The summed E-state index contributed by atoms with van der Waals surface area (Å²) in [5, 5.41) is 3.45. The standard InChI is InChI=1S/C12H19N3O/c1-9-3-4-10(13)11(14-9)15-12(2)5-7-16-8-6-12/h3-4H,5-8,13H2,1-2H3,(H,14,15). The normalized spacial score (nSPS) is 19.4. The van der Waals surface area contributed by atoms with Crippen LogP contribution in [0.25, 0.3) is 0 Å². The number of nitrogens with one attached hydrogen (secondary N) is 1. The van der Waals surface area contributed by atoms with Gasteiger partial charge in [0, 0.05) is 24.4 Å². The Morgan fingerprint density at radius 3 is 2.75 bits per heavy atom. The number of ether oxygens (including phenoxy) is 1. The Kier molecular flexibility index (Phi) is 3.01. The second kappa shape index (κ2) is 4.29. The van der Waals surface area contributed by atoms with Crippen LogP contribution in [-0.2, 0) is 4.74 Å². The van der Waals surface area contributed by atoms with Gasteiger partial charge in [0.15, 0.2) is 0 Å². The van der Waals surface area contributed by atoms with Crippen molar-refractivity contribution < 1.29 is 4.74 Å². The van der Waals surface area contributed by atoms with Crippen molar-refractivity contribution in [3.63, 3.8) is 0 Å². The molecule has 1 aromatic heterocycles. The number of aryl methyl sites for hydroxylation is 1. The fourth-order valence-electron chi connectivity index (χ4n) is 1.90. The second-order valence-electron chi connectivity index (χ2n) is 4.69. The molecule has 0 unspecified atom stereocenters. The van der Waals surface area contributed by atoms with Crippen LogP contribution in [0.2, 0.25) is 0 Å². The number of anilines is 2. The average molecular weight is 221 g/mol. The summed E-state index contributed by atoms with van der Waals surface area (Å²) in [4.78, 5) is 4.44. The highest BCUT2D eigenvalue weighted by molar-refractivity contribution is 5.62. The van der Waals surface area contributed by atoms with E-state index in [1.165, 1.54) is 0 Å². The van der Waals surface area contributed by atoms with Crippen LogP contribution in [0.5, 0.6) is 0 Å². The number of nitrogens with zero attached hydrogens (tertiary/aromatic N) is 1. The van der Waals surface area contributed by atoms with E-state index in [4.69, 9.17) is 10.5 Å². The molecule has 0 aliphatic carbocycles. The van der Waals surface area contributed by atoms with Crippen LogP contribution >= 0.6 is 0 Å². The van der Waals surface area contributed by atoms with Crippen LogP contribution in [0, 0.1) is 6.92 Å². The number of pyridine rings is 1. The van der Waals surface area contributed by atoms with E-state index in [9.17, 15) is 0 Å². The van der Waals surface area contributed by atoms with Crippen LogP contribution < -0.4 is 11.1 Å². The highest BCUT2D eigenvalue weighted by Gasteiger charge is 2.27. The lowest BCUT2D eigenvalue weighted by Crippen LogP contribution is -2.41. The summed E-state index contributed by atoms with van der Waals surface area (Å²) in [5.74, 6) is 0.796. The topological polar surface area (TPSA) is 60.2 Å². The molecule has 2 heterocycles. The zero-order chi connectivity index (χ0) is 11.6. The second-order valence-corrected chi connectivity index (χ2v) is 4.69. The summed E-state index contributed by atoms with van der Waals surface area (Å²) < 4.78 is 5.36. The number of nitrogen functional groups attached to an aromatic ring is 1. The van der Waals surface area contributed by atoms with Gasteiger partial charge < -0.3 is 15.8 Å². The van der Waals surface area contributed by atoms with Gasteiger partial charge in [-0.25, -0.2) is 4.98 Å². The van der Waals surface area contributed by atoms with Gasteiger partial charge in [0.2, 0.25) is 0 Å². The molecule has 0 spiro atoms. The Hall–Kier alpha value is -1.29. The van der Waals surface area contributed by atoms with Crippen molar-refractivity contribution >= 4 is 11.5 Å². The first-order valence-electron chi connectivity index (χ1n) is 5.68. The van der Waals surface area contributed by atoms with E-state index in [0.717, 1.165) is 37.6 Å². The summed E-state index contributed by atoms with van der Waals surface area (Å²) in [5.41, 5.74) is 7.64. The molecule has 2 rings (SSSR count). The predicted octanol–water partition coefficient (Wildman–Crippen LogP) is 1.95. The number of nitrogens with two attached hydrogens (primary N) is 1. The van der Waals surface area contributed by atoms with Crippen LogP contribution in [0.3, 0.4) is 0 Å². The van der Waals surface area contributed by atoms with Crippen LogP contribution in [0.1, 0.15) is 25.5 Å². The molecule has 1 aliphatic heterocycles. The molecule has 0 amide bonds. The maximum atomic E-state index is 5.91. The van der Waals surface area contributed by atoms with Crippen LogP contribution in [0.15, 0.2) is 12.1 Å². The van der Waals surface area contributed by atoms with Crippen LogP contribution in [0.4, 0.5) is 11.5 Å². The molecule has 88 valence electrons. The van der Waals surface area contributed by atoms with Gasteiger partial charge >= 0.3 is 0 Å². The van der Waals surface area contributed by atoms with Gasteiger partial charge in [0.1, 0.15) is 5.82 Å². The summed E-state index contributed by atoms with van der Waals surface area (Å²) >= 11 is 0. The minimum Gasteiger partial charge on any atom is -0.396 e. The quantitative estimate of drug-likeness (QED) is 0.801. The lowest BCUT2D eigenvalue weighted by atomic mass is 9.92. The van der Waals surface area contributed by atoms with E-state index in [2.05, 4.69) is 17.2 Å². The molecule has 0 atom stereocenters. The van der Waals surface area contributed by atoms with Gasteiger partial charge in [-0.05, 0) is 38.8 Å². The lowest BCUT2D eigenvalue weighted by molar-refractivity contribution is 0.0657. The third-order valence-electron chi connectivity index (χ3n) is 3.08. The maximum Gasteiger partial charge on any atom is 0.149 e. The molecule has 1 aliphatic rings. The maximum absolute atomic E-state index is 5.91. The molecule has 4 nitrogen and oxygen atoms in total. The molecular formula is C12H19N3O. The summed E-state index contributed by atoms with van der Waals surface area (Å²) in [6, 6.07) is 3.82. The molecular weight excluding hydrogens is 202 g/mol. The fraction of sp³-hybridized carbons (Fsp3) is 0.583. The van der Waals surface area contributed by atoms with Crippen molar-refractivity contribution in [3.8, 4) is 0 Å². The molecule has 0 aromatic carbocycles. The van der Waals surface area contributed by atoms with Gasteiger partial charge in [-0.1, -0.05) is 0 Å². The molecule has 16 heavy (non-hydrogen) atoms. The third kappa shape index (κ3) is 2.44. The van der Waals surface area contributed by atoms with E-state index in [1.54, 1.807) is 0 Å². The van der Waals surface area contributed by atoms with Crippen molar-refractivity contribution in [1.82, 2.24) is 4.98 Å². The third-order valence-corrected chi connectivity index (χ3v) is 3.08. The first kappa shape index (κ1) is 11.2. The van der Waals surface area contributed by atoms with Gasteiger partial charge in [-0.2, -0.15) is 0 Å². The molecule has 0 radical (unpaired) electrons. The minimum atomic E-state index is 0.0488. The molecule has 1 aromatic rings. The van der Waals surface area contributed by atoms with Crippen molar-refractivity contribution in [1.29, 1.82) is 0 Å². The Balaban J connectivity index is 2.15. The van der Waals surface area contributed by atoms with Gasteiger partial charge in [-0.3, -0.25) is 0 Å². The predicted molar refractivity (Wildman–Crippen MR) is 65.5 cm³/mol. The number of hydrogen-bond acceptors (Lipinski definition) is 4. The molecule has 4 heteroatoms. The first-order valence-corrected chi connectivity index (χ1v) is 5.68. The largest absolute Gasteiger partial charge is 0.396 e. The monoisotopic (exact) mass is 221 g/mol. The molecule has 0 bridgehead atoms. The van der Waals surface area contributed by atoms with E-state index in [0.29, 0.717) is 5.69 Å². The van der Waals surface area contributed by atoms with Crippen molar-refractivity contribution in [2.45, 2.75) is 32.2 Å². The van der Waals surface area contributed by atoms with Crippen molar-refractivity contribution in [2.75, 3.05) is 24.3 Å². The van der Waals surface area contributed by atoms with Gasteiger partial charge in [0.05, 0.1) is 5.69 Å². The van der Waals surface area contributed by atoms with E-state index >= 15 is 0 Å². The van der Waals surface area contributed by atoms with E-state index in [-0.39, 0.29) is 5.54 Å². The summed E-state index contributed by atoms with van der Waals surface area (Å²) in [6.45, 7) is 5.76. The highest BCUT2D eigenvalue weighted by atomic mass is 16.5. The SMILES string of the molecule is Cc1ccc(N)c(NC2(C)CCOCC2)n1. The summed E-state index contributed by atoms with van der Waals surface area (Å²) in [7, 11) is 0. The zero-order valence-electron chi connectivity index (χ0n) is 9.92. The number of aromatic nitrogens is 1. The average Bonchev–Trinajstić information content (AvgIpc) is 2.24. The van der Waals surface area contributed by atoms with Crippen molar-refractivity contribution in [2.24, 2.45) is 0 Å². The summed E-state index contributed by atoms with van der Waals surface area (Å²) in [6.07, 6.45) is 1.98. The molecule has 0 saturated carbocycles. The zero-order valence-corrected chi connectivity index (χ0v) is 9.92. The first-order chi connectivity index (χ1) is 7.59. The van der Waals surface area contributed by atoms with Crippen LogP contribution in [-0.4, -0.2) is 23.7 Å². The minimum absolute atomic E-state index is 0.0488. The van der Waals surface area contributed by atoms with Crippen molar-refractivity contribution in [3.05, 3.63) is 17.8 Å². The van der Waals surface area contributed by atoms with E-state index < -0.39 is 0 Å².